The Balaban J connectivity index is 2.14. The molecule has 0 spiro atoms. The lowest BCUT2D eigenvalue weighted by Gasteiger charge is -2.10. The minimum atomic E-state index is -0.106. The van der Waals surface area contributed by atoms with Crippen LogP contribution < -0.4 is 4.74 Å². The van der Waals surface area contributed by atoms with Crippen molar-refractivity contribution < 1.29 is 9.53 Å². The lowest BCUT2D eigenvalue weighted by molar-refractivity contribution is 0.103. The van der Waals surface area contributed by atoms with E-state index in [4.69, 9.17) is 27.9 Å². The van der Waals surface area contributed by atoms with E-state index in [0.29, 0.717) is 33.5 Å². The van der Waals surface area contributed by atoms with Gasteiger partial charge in [-0.15, -0.1) is 0 Å². The van der Waals surface area contributed by atoms with E-state index in [1.165, 1.54) is 0 Å². The molecule has 0 aliphatic carbocycles. The Kier molecular flexibility index (Phi) is 3.45. The Bertz CT molecular complexity index is 708. The molecule has 2 aromatic carbocycles. The van der Waals surface area contributed by atoms with Crippen molar-refractivity contribution in [2.75, 3.05) is 6.61 Å². The summed E-state index contributed by atoms with van der Waals surface area (Å²) in [7, 11) is 0. The Morgan fingerprint density at radius 3 is 2.80 bits per heavy atom. The van der Waals surface area contributed by atoms with E-state index in [9.17, 15) is 4.79 Å². The highest BCUT2D eigenvalue weighted by atomic mass is 35.5. The molecule has 4 heteroatoms. The molecule has 0 saturated carbocycles. The van der Waals surface area contributed by atoms with Crippen molar-refractivity contribution >= 4 is 29.0 Å². The Labute approximate surface area is 127 Å². The maximum atomic E-state index is 12.7. The molecule has 0 N–H and O–H groups in total. The average Bonchev–Trinajstić information content (AvgIpc) is 2.88. The zero-order valence-electron chi connectivity index (χ0n) is 10.9. The van der Waals surface area contributed by atoms with Crippen LogP contribution in [0.4, 0.5) is 0 Å². The first kappa shape index (κ1) is 13.5. The predicted octanol–water partition coefficient (Wildman–Crippen LogP) is 4.47. The largest absolute Gasteiger partial charge is 0.492 e. The second-order valence-corrected chi connectivity index (χ2v) is 5.63. The molecular weight excluding hydrogens is 295 g/mol. The summed E-state index contributed by atoms with van der Waals surface area (Å²) in [4.78, 5) is 12.7. The summed E-state index contributed by atoms with van der Waals surface area (Å²) >= 11 is 12.2. The minimum Gasteiger partial charge on any atom is -0.492 e. The van der Waals surface area contributed by atoms with E-state index in [-0.39, 0.29) is 5.78 Å². The summed E-state index contributed by atoms with van der Waals surface area (Å²) in [5, 5.41) is 1.13. The van der Waals surface area contributed by atoms with E-state index in [1.54, 1.807) is 24.3 Å². The van der Waals surface area contributed by atoms with Crippen LogP contribution in [0.2, 0.25) is 10.0 Å². The molecule has 1 aliphatic rings. The molecule has 0 unspecified atom stereocenters. The third-order valence-corrected chi connectivity index (χ3v) is 4.13. The molecule has 0 saturated heterocycles. The molecular formula is C16H12Cl2O2. The van der Waals surface area contributed by atoms with Crippen molar-refractivity contribution in [3.8, 4) is 5.75 Å². The van der Waals surface area contributed by atoms with Crippen LogP contribution in [0, 0.1) is 6.92 Å². The zero-order valence-corrected chi connectivity index (χ0v) is 12.4. The van der Waals surface area contributed by atoms with Gasteiger partial charge in [0.05, 0.1) is 12.2 Å². The van der Waals surface area contributed by atoms with Crippen molar-refractivity contribution in [3.63, 3.8) is 0 Å². The Hall–Kier alpha value is -1.51. The van der Waals surface area contributed by atoms with E-state index in [2.05, 4.69) is 0 Å². The van der Waals surface area contributed by atoms with Crippen molar-refractivity contribution in [1.82, 2.24) is 0 Å². The van der Waals surface area contributed by atoms with Crippen molar-refractivity contribution in [2.24, 2.45) is 0 Å². The quantitative estimate of drug-likeness (QED) is 0.765. The van der Waals surface area contributed by atoms with Gasteiger partial charge in [0.2, 0.25) is 0 Å². The predicted molar refractivity (Wildman–Crippen MR) is 80.3 cm³/mol. The molecule has 1 heterocycles. The van der Waals surface area contributed by atoms with E-state index in [0.717, 1.165) is 17.5 Å². The number of halogens is 2. The summed E-state index contributed by atoms with van der Waals surface area (Å²) in [5.41, 5.74) is 2.85. The van der Waals surface area contributed by atoms with Gasteiger partial charge in [0.1, 0.15) is 5.75 Å². The Morgan fingerprint density at radius 2 is 2.00 bits per heavy atom. The third kappa shape index (κ3) is 2.19. The van der Waals surface area contributed by atoms with Crippen LogP contribution in [0.25, 0.3) is 0 Å². The van der Waals surface area contributed by atoms with Crippen LogP contribution in [0.1, 0.15) is 27.0 Å². The van der Waals surface area contributed by atoms with Crippen LogP contribution in [0.5, 0.6) is 5.75 Å². The van der Waals surface area contributed by atoms with Crippen LogP contribution >= 0.6 is 23.2 Å². The molecule has 0 bridgehead atoms. The minimum absolute atomic E-state index is 0.106. The highest BCUT2D eigenvalue weighted by Gasteiger charge is 2.24. The number of rotatable bonds is 2. The summed E-state index contributed by atoms with van der Waals surface area (Å²) in [6, 6.07) is 8.83. The molecule has 0 atom stereocenters. The fraction of sp³-hybridized carbons (Fsp3) is 0.188. The normalized spacial score (nSPS) is 12.9. The number of hydrogen-bond donors (Lipinski definition) is 0. The Morgan fingerprint density at radius 1 is 1.20 bits per heavy atom. The van der Waals surface area contributed by atoms with Gasteiger partial charge in [-0.2, -0.15) is 0 Å². The molecule has 0 amide bonds. The number of carbonyl (C=O) groups is 1. The van der Waals surface area contributed by atoms with Crippen molar-refractivity contribution in [2.45, 2.75) is 13.3 Å². The number of fused-ring (bicyclic) bond motifs is 1. The van der Waals surface area contributed by atoms with Gasteiger partial charge < -0.3 is 4.74 Å². The van der Waals surface area contributed by atoms with Crippen LogP contribution in [0.15, 0.2) is 30.3 Å². The summed E-state index contributed by atoms with van der Waals surface area (Å²) in [6.45, 7) is 2.42. The van der Waals surface area contributed by atoms with Gasteiger partial charge in [-0.1, -0.05) is 35.3 Å². The highest BCUT2D eigenvalue weighted by Crippen LogP contribution is 2.35. The van der Waals surface area contributed by atoms with Gasteiger partial charge in [-0.3, -0.25) is 4.79 Å². The molecule has 0 radical (unpaired) electrons. The van der Waals surface area contributed by atoms with Gasteiger partial charge in [0.15, 0.2) is 5.78 Å². The first-order valence-electron chi connectivity index (χ1n) is 6.33. The fourth-order valence-electron chi connectivity index (χ4n) is 2.44. The molecule has 0 fully saturated rings. The summed E-state index contributed by atoms with van der Waals surface area (Å²) in [6.07, 6.45) is 0.782. The maximum absolute atomic E-state index is 12.7. The third-order valence-electron chi connectivity index (χ3n) is 3.51. The second-order valence-electron chi connectivity index (χ2n) is 4.78. The van der Waals surface area contributed by atoms with E-state index >= 15 is 0 Å². The smallest absolute Gasteiger partial charge is 0.197 e. The molecule has 1 aliphatic heterocycles. The lowest BCUT2D eigenvalue weighted by atomic mass is 9.97. The first-order chi connectivity index (χ1) is 9.58. The average molecular weight is 307 g/mol. The number of ether oxygens (including phenoxy) is 1. The molecule has 20 heavy (non-hydrogen) atoms. The SMILES string of the molecule is Cc1c(Cl)cccc1C(=O)c1cc(Cl)cc2c1OCC2. The molecule has 2 nitrogen and oxygen atoms in total. The number of carbonyl (C=O) groups excluding carboxylic acids is 1. The van der Waals surface area contributed by atoms with Crippen LogP contribution in [0.3, 0.4) is 0 Å². The van der Waals surface area contributed by atoms with E-state index < -0.39 is 0 Å². The maximum Gasteiger partial charge on any atom is 0.197 e. The number of benzene rings is 2. The zero-order chi connectivity index (χ0) is 14.3. The highest BCUT2D eigenvalue weighted by molar-refractivity contribution is 6.32. The molecule has 0 aromatic heterocycles. The fourth-order valence-corrected chi connectivity index (χ4v) is 2.85. The van der Waals surface area contributed by atoms with Crippen molar-refractivity contribution in [1.29, 1.82) is 0 Å². The number of ketones is 1. The molecule has 2 aromatic rings. The standard InChI is InChI=1S/C16H12Cl2O2/c1-9-12(3-2-4-14(9)18)15(19)13-8-11(17)7-10-5-6-20-16(10)13/h2-4,7-8H,5-6H2,1H3. The topological polar surface area (TPSA) is 26.3 Å². The van der Waals surface area contributed by atoms with Gasteiger partial charge in [-0.05, 0) is 36.2 Å². The second kappa shape index (κ2) is 5.12. The summed E-state index contributed by atoms with van der Waals surface area (Å²) in [5.74, 6) is 0.546. The van der Waals surface area contributed by atoms with Gasteiger partial charge in [0, 0.05) is 22.0 Å². The van der Waals surface area contributed by atoms with Gasteiger partial charge >= 0.3 is 0 Å². The van der Waals surface area contributed by atoms with E-state index in [1.807, 2.05) is 13.0 Å². The molecule has 3 rings (SSSR count). The summed E-state index contributed by atoms with van der Waals surface area (Å²) < 4.78 is 5.58. The van der Waals surface area contributed by atoms with Crippen molar-refractivity contribution in [3.05, 3.63) is 62.6 Å². The lowest BCUT2D eigenvalue weighted by Crippen LogP contribution is -2.06. The number of hydrogen-bond acceptors (Lipinski definition) is 2. The molecule has 102 valence electrons. The van der Waals surface area contributed by atoms with Crippen LogP contribution in [-0.2, 0) is 6.42 Å². The monoisotopic (exact) mass is 306 g/mol. The first-order valence-corrected chi connectivity index (χ1v) is 7.08. The van der Waals surface area contributed by atoms with Gasteiger partial charge in [0.25, 0.3) is 0 Å². The van der Waals surface area contributed by atoms with Crippen LogP contribution in [-0.4, -0.2) is 12.4 Å². The van der Waals surface area contributed by atoms with Gasteiger partial charge in [-0.25, -0.2) is 0 Å².